The Kier molecular flexibility index (Phi) is 4.62. The van der Waals surface area contributed by atoms with Crippen LogP contribution >= 0.6 is 12.2 Å². The van der Waals surface area contributed by atoms with E-state index in [0.717, 1.165) is 39.2 Å². The van der Waals surface area contributed by atoms with Gasteiger partial charge in [0.05, 0.1) is 22.9 Å². The number of nitrogens with one attached hydrogen (secondary N) is 2. The van der Waals surface area contributed by atoms with Crippen LogP contribution in [0.2, 0.25) is 0 Å². The van der Waals surface area contributed by atoms with Crippen LogP contribution < -0.4 is 10.2 Å². The minimum absolute atomic E-state index is 0.191. The smallest absolute Gasteiger partial charge is 0.179 e. The lowest BCUT2D eigenvalue weighted by Gasteiger charge is -2.25. The van der Waals surface area contributed by atoms with Gasteiger partial charge in [-0.25, -0.2) is 14.7 Å². The van der Waals surface area contributed by atoms with Crippen LogP contribution in [0, 0.1) is 6.92 Å². The number of thiocarbonyl (C=S) groups is 1. The zero-order valence-electron chi connectivity index (χ0n) is 17.8. The first-order chi connectivity index (χ1) is 16.2. The average molecular weight is 453 g/mol. The lowest BCUT2D eigenvalue weighted by molar-refractivity contribution is 0.626. The van der Waals surface area contributed by atoms with Gasteiger partial charge in [-0.1, -0.05) is 47.2 Å². The summed E-state index contributed by atoms with van der Waals surface area (Å²) < 4.78 is 1.79. The molecule has 2 aromatic heterocycles. The zero-order chi connectivity index (χ0) is 22.4. The van der Waals surface area contributed by atoms with Crippen molar-refractivity contribution in [3.63, 3.8) is 0 Å². The van der Waals surface area contributed by atoms with Crippen LogP contribution in [-0.2, 0) is 6.67 Å². The van der Waals surface area contributed by atoms with Gasteiger partial charge >= 0.3 is 0 Å². The molecule has 1 saturated heterocycles. The van der Waals surface area contributed by atoms with E-state index in [4.69, 9.17) is 17.2 Å². The Morgan fingerprint density at radius 2 is 1.94 bits per heavy atom. The fraction of sp³-hybridized carbons (Fsp3) is 0.125. The molecule has 0 bridgehead atoms. The van der Waals surface area contributed by atoms with Gasteiger partial charge in [0.2, 0.25) is 0 Å². The van der Waals surface area contributed by atoms with Crippen LogP contribution in [0.5, 0.6) is 0 Å². The van der Waals surface area contributed by atoms with Crippen LogP contribution in [0.1, 0.15) is 17.2 Å². The molecule has 0 spiro atoms. The van der Waals surface area contributed by atoms with Crippen molar-refractivity contribution in [1.82, 2.24) is 30.3 Å². The summed E-state index contributed by atoms with van der Waals surface area (Å²) in [4.78, 5) is 14.5. The summed E-state index contributed by atoms with van der Waals surface area (Å²) in [5, 5.41) is 12.4. The van der Waals surface area contributed by atoms with E-state index in [2.05, 4.69) is 61.7 Å². The van der Waals surface area contributed by atoms with E-state index in [1.165, 1.54) is 5.56 Å². The van der Waals surface area contributed by atoms with Crippen molar-refractivity contribution in [3.8, 4) is 0 Å². The third-order valence-corrected chi connectivity index (χ3v) is 6.11. The number of benzene rings is 3. The fourth-order valence-corrected chi connectivity index (χ4v) is 4.57. The molecule has 8 nitrogen and oxygen atoms in total. The Labute approximate surface area is 195 Å². The molecular weight excluding hydrogens is 432 g/mol. The van der Waals surface area contributed by atoms with E-state index in [1.807, 2.05) is 42.5 Å². The molecule has 9 heteroatoms. The van der Waals surface area contributed by atoms with E-state index in [1.54, 1.807) is 11.0 Å². The molecule has 3 heterocycles. The van der Waals surface area contributed by atoms with Crippen molar-refractivity contribution in [2.45, 2.75) is 19.6 Å². The number of anilines is 1. The highest BCUT2D eigenvalue weighted by Gasteiger charge is 2.36. The molecule has 6 rings (SSSR count). The van der Waals surface area contributed by atoms with Crippen LogP contribution in [0.3, 0.4) is 0 Å². The third-order valence-electron chi connectivity index (χ3n) is 5.81. The van der Waals surface area contributed by atoms with E-state index < -0.39 is 0 Å². The normalized spacial score (nSPS) is 17.4. The van der Waals surface area contributed by atoms with Crippen LogP contribution in [0.15, 0.2) is 78.0 Å². The molecule has 0 radical (unpaired) electrons. The highest BCUT2D eigenvalue weighted by atomic mass is 32.1. The monoisotopic (exact) mass is 452 g/mol. The topological polar surface area (TPSA) is 87.0 Å². The third kappa shape index (κ3) is 3.42. The fourth-order valence-electron chi connectivity index (χ4n) is 4.25. The predicted octanol–water partition coefficient (Wildman–Crippen LogP) is 4.11. The first-order valence-corrected chi connectivity index (χ1v) is 11.0. The summed E-state index contributed by atoms with van der Waals surface area (Å²) in [6, 6.07) is 22.2. The quantitative estimate of drug-likeness (QED) is 0.399. The average Bonchev–Trinajstić information content (AvgIpc) is 3.54. The van der Waals surface area contributed by atoms with Crippen LogP contribution in [0.4, 0.5) is 5.69 Å². The number of hydrogen-bond acceptors (Lipinski definition) is 5. The van der Waals surface area contributed by atoms with Crippen LogP contribution in [0.25, 0.3) is 22.1 Å². The second-order valence-corrected chi connectivity index (χ2v) is 8.37. The Morgan fingerprint density at radius 1 is 1.03 bits per heavy atom. The van der Waals surface area contributed by atoms with Gasteiger partial charge in [0.25, 0.3) is 0 Å². The van der Waals surface area contributed by atoms with E-state index in [-0.39, 0.29) is 6.04 Å². The summed E-state index contributed by atoms with van der Waals surface area (Å²) in [6.45, 7) is 2.42. The minimum atomic E-state index is -0.191. The number of rotatable bonds is 4. The van der Waals surface area contributed by atoms with E-state index in [9.17, 15) is 0 Å². The molecule has 33 heavy (non-hydrogen) atoms. The summed E-state index contributed by atoms with van der Waals surface area (Å²) in [7, 11) is 0. The summed E-state index contributed by atoms with van der Waals surface area (Å²) in [5.41, 5.74) is 6.89. The van der Waals surface area contributed by atoms with Crippen molar-refractivity contribution in [2.75, 3.05) is 4.90 Å². The van der Waals surface area contributed by atoms with Gasteiger partial charge in [-0.2, -0.15) is 0 Å². The molecule has 0 amide bonds. The molecule has 1 unspecified atom stereocenters. The number of aryl methyl sites for hydroxylation is 1. The zero-order valence-corrected chi connectivity index (χ0v) is 18.6. The largest absolute Gasteiger partial charge is 0.345 e. The number of amidine groups is 1. The van der Waals surface area contributed by atoms with Crippen molar-refractivity contribution in [2.24, 2.45) is 4.99 Å². The van der Waals surface area contributed by atoms with E-state index in [0.29, 0.717) is 11.8 Å². The van der Waals surface area contributed by atoms with Crippen molar-refractivity contribution in [3.05, 3.63) is 84.2 Å². The Morgan fingerprint density at radius 3 is 2.85 bits per heavy atom. The molecule has 1 aliphatic heterocycles. The lowest BCUT2D eigenvalue weighted by Crippen LogP contribution is -2.29. The number of fused-ring (bicyclic) bond motifs is 2. The maximum Gasteiger partial charge on any atom is 0.179 e. The standard InChI is InChI=1S/C24H20N8S/c1-15-5-4-6-16(11-15)22-23(27-14-31-21-8-3-2-7-19(21)29-30-31)28-24(33)32(22)17-9-10-18-20(12-17)26-13-25-18/h2-13,22H,14H2,1H3,(H,25,26)(H,27,28,33). The Hall–Kier alpha value is -4.11. The van der Waals surface area contributed by atoms with Crippen molar-refractivity contribution >= 4 is 50.9 Å². The van der Waals surface area contributed by atoms with Gasteiger partial charge in [-0.15, -0.1) is 5.10 Å². The molecule has 3 aromatic carbocycles. The first-order valence-electron chi connectivity index (χ1n) is 10.6. The van der Waals surface area contributed by atoms with Crippen molar-refractivity contribution < 1.29 is 0 Å². The first kappa shape index (κ1) is 19.6. The number of hydrogen-bond donors (Lipinski definition) is 2. The predicted molar refractivity (Wildman–Crippen MR) is 133 cm³/mol. The molecule has 1 atom stereocenters. The number of aromatic nitrogens is 5. The highest BCUT2D eigenvalue weighted by molar-refractivity contribution is 7.80. The van der Waals surface area contributed by atoms with Gasteiger partial charge in [0.1, 0.15) is 24.1 Å². The summed E-state index contributed by atoms with van der Waals surface area (Å²) in [5.74, 6) is 0.771. The van der Waals surface area contributed by atoms with Crippen LogP contribution in [-0.4, -0.2) is 35.9 Å². The molecule has 5 aromatic rings. The molecule has 0 aliphatic carbocycles. The van der Waals surface area contributed by atoms with Gasteiger partial charge in [-0.05, 0) is 55.0 Å². The summed E-state index contributed by atoms with van der Waals surface area (Å²) >= 11 is 5.77. The minimum Gasteiger partial charge on any atom is -0.345 e. The van der Waals surface area contributed by atoms with Gasteiger partial charge in [0, 0.05) is 5.69 Å². The van der Waals surface area contributed by atoms with E-state index >= 15 is 0 Å². The SMILES string of the molecule is Cc1cccc(C2/C(=N\Cn3nnc4ccccc43)NC(=S)N2c2ccc3[nH]cnc3c2)c1. The van der Waals surface area contributed by atoms with Gasteiger partial charge in [0.15, 0.2) is 5.11 Å². The number of aliphatic imine (C=N–C) groups is 1. The molecular formula is C24H20N8S. The number of nitrogens with zero attached hydrogens (tertiary/aromatic N) is 6. The second-order valence-electron chi connectivity index (χ2n) is 7.98. The highest BCUT2D eigenvalue weighted by Crippen LogP contribution is 2.34. The number of H-pyrrole nitrogens is 1. The van der Waals surface area contributed by atoms with Gasteiger partial charge < -0.3 is 15.2 Å². The Bertz CT molecular complexity index is 1530. The molecule has 1 aliphatic rings. The second kappa shape index (κ2) is 7.79. The molecule has 162 valence electrons. The maximum atomic E-state index is 5.77. The lowest BCUT2D eigenvalue weighted by atomic mass is 10.0. The molecule has 2 N–H and O–H groups in total. The number of aromatic amines is 1. The molecule has 0 saturated carbocycles. The molecule has 1 fully saturated rings. The number of imidazole rings is 1. The van der Waals surface area contributed by atoms with Crippen molar-refractivity contribution in [1.29, 1.82) is 0 Å². The summed E-state index contributed by atoms with van der Waals surface area (Å²) in [6.07, 6.45) is 1.70. The van der Waals surface area contributed by atoms with Gasteiger partial charge in [-0.3, -0.25) is 0 Å². The maximum absolute atomic E-state index is 5.77. The number of para-hydroxylation sites is 1. The Balaban J connectivity index is 1.43.